The average Bonchev–Trinajstić information content (AvgIpc) is 3.23. The highest BCUT2D eigenvalue weighted by atomic mass is 35.5. The van der Waals surface area contributed by atoms with Gasteiger partial charge in [0.2, 0.25) is 5.88 Å². The van der Waals surface area contributed by atoms with Crippen LogP contribution in [0.1, 0.15) is 28.5 Å². The molecule has 6 nitrogen and oxygen atoms in total. The number of aryl methyl sites for hydroxylation is 1. The van der Waals surface area contributed by atoms with E-state index in [4.69, 9.17) is 26.2 Å². The maximum Gasteiger partial charge on any atom is 0.255 e. The third kappa shape index (κ3) is 5.75. The molecule has 36 heavy (non-hydrogen) atoms. The Balaban J connectivity index is 1.80. The number of amides is 1. The monoisotopic (exact) mass is 507 g/mol. The van der Waals surface area contributed by atoms with E-state index in [1.165, 1.54) is 12.1 Å². The van der Waals surface area contributed by atoms with E-state index in [1.807, 2.05) is 37.3 Å². The molecule has 0 aliphatic rings. The number of para-hydroxylation sites is 1. The Morgan fingerprint density at radius 3 is 2.50 bits per heavy atom. The first-order valence-corrected chi connectivity index (χ1v) is 12.0. The second-order valence-corrected chi connectivity index (χ2v) is 8.50. The number of ether oxygens (including phenoxy) is 2. The summed E-state index contributed by atoms with van der Waals surface area (Å²) in [5, 5.41) is 5.18. The Morgan fingerprint density at radius 1 is 1.06 bits per heavy atom. The van der Waals surface area contributed by atoms with Crippen molar-refractivity contribution in [1.82, 2.24) is 14.7 Å². The van der Waals surface area contributed by atoms with Crippen LogP contribution in [0.4, 0.5) is 4.39 Å². The van der Waals surface area contributed by atoms with Crippen molar-refractivity contribution in [1.29, 1.82) is 0 Å². The number of halogens is 2. The van der Waals surface area contributed by atoms with Crippen LogP contribution in [0.5, 0.6) is 11.6 Å². The first-order valence-electron chi connectivity index (χ1n) is 11.6. The van der Waals surface area contributed by atoms with Gasteiger partial charge in [-0.3, -0.25) is 4.79 Å². The fraction of sp³-hybridized carbons (Fsp3) is 0.214. The van der Waals surface area contributed by atoms with Gasteiger partial charge >= 0.3 is 0 Å². The lowest BCUT2D eigenvalue weighted by atomic mass is 10.1. The molecule has 0 radical (unpaired) electrons. The molecule has 0 atom stereocenters. The third-order valence-electron chi connectivity index (χ3n) is 5.67. The molecule has 1 heterocycles. The summed E-state index contributed by atoms with van der Waals surface area (Å²) in [6.07, 6.45) is 0.604. The van der Waals surface area contributed by atoms with E-state index >= 15 is 0 Å². The lowest BCUT2D eigenvalue weighted by Gasteiger charge is -2.24. The molecular weight excluding hydrogens is 481 g/mol. The molecule has 0 aliphatic carbocycles. The lowest BCUT2D eigenvalue weighted by molar-refractivity contribution is 0.0679. The second-order valence-electron chi connectivity index (χ2n) is 8.09. The molecule has 0 fully saturated rings. The van der Waals surface area contributed by atoms with Crippen LogP contribution >= 0.6 is 11.6 Å². The van der Waals surface area contributed by atoms with Gasteiger partial charge < -0.3 is 14.4 Å². The van der Waals surface area contributed by atoms with Crippen LogP contribution in [0.2, 0.25) is 5.02 Å². The predicted octanol–water partition coefficient (Wildman–Crippen LogP) is 6.31. The van der Waals surface area contributed by atoms with Crippen molar-refractivity contribution in [3.8, 4) is 17.3 Å². The summed E-state index contributed by atoms with van der Waals surface area (Å²) < 4.78 is 27.2. The summed E-state index contributed by atoms with van der Waals surface area (Å²) in [6.45, 7) is 2.86. The third-order valence-corrected chi connectivity index (χ3v) is 6.00. The van der Waals surface area contributed by atoms with E-state index in [-0.39, 0.29) is 12.5 Å². The number of rotatable bonds is 10. The number of carbonyl (C=O) groups excluding carboxylic acids is 1. The van der Waals surface area contributed by atoms with E-state index < -0.39 is 5.82 Å². The van der Waals surface area contributed by atoms with E-state index in [9.17, 15) is 9.18 Å². The summed E-state index contributed by atoms with van der Waals surface area (Å²) in [5.41, 5.74) is 2.67. The molecule has 0 saturated carbocycles. The number of nitrogens with zero attached hydrogens (tertiary/aromatic N) is 3. The highest BCUT2D eigenvalue weighted by Gasteiger charge is 2.26. The largest absolute Gasteiger partial charge is 0.438 e. The minimum absolute atomic E-state index is 0.202. The van der Waals surface area contributed by atoms with E-state index in [1.54, 1.807) is 53.1 Å². The summed E-state index contributed by atoms with van der Waals surface area (Å²) in [7, 11) is 1.58. The number of hydrogen-bond acceptors (Lipinski definition) is 4. The number of hydrogen-bond donors (Lipinski definition) is 0. The summed E-state index contributed by atoms with van der Waals surface area (Å²) in [4.78, 5) is 15.2. The van der Waals surface area contributed by atoms with Crippen LogP contribution in [-0.2, 0) is 17.7 Å². The number of aromatic nitrogens is 2. The summed E-state index contributed by atoms with van der Waals surface area (Å²) in [6, 6.07) is 22.4. The maximum absolute atomic E-state index is 14.0. The minimum Gasteiger partial charge on any atom is -0.438 e. The Hall–Kier alpha value is -3.68. The van der Waals surface area contributed by atoms with E-state index in [2.05, 4.69) is 0 Å². The average molecular weight is 508 g/mol. The van der Waals surface area contributed by atoms with Crippen LogP contribution in [0.25, 0.3) is 5.69 Å². The topological polar surface area (TPSA) is 56.6 Å². The Morgan fingerprint density at radius 2 is 1.81 bits per heavy atom. The fourth-order valence-electron chi connectivity index (χ4n) is 3.86. The van der Waals surface area contributed by atoms with E-state index in [0.29, 0.717) is 41.8 Å². The van der Waals surface area contributed by atoms with Gasteiger partial charge in [0.25, 0.3) is 5.91 Å². The maximum atomic E-state index is 14.0. The van der Waals surface area contributed by atoms with Crippen LogP contribution < -0.4 is 4.74 Å². The molecule has 1 aromatic heterocycles. The first-order chi connectivity index (χ1) is 17.5. The smallest absolute Gasteiger partial charge is 0.255 e. The molecule has 0 spiro atoms. The van der Waals surface area contributed by atoms with Gasteiger partial charge in [-0.15, -0.1) is 0 Å². The van der Waals surface area contributed by atoms with Crippen molar-refractivity contribution in [2.45, 2.75) is 19.9 Å². The van der Waals surface area contributed by atoms with Gasteiger partial charge in [-0.25, -0.2) is 9.07 Å². The molecule has 0 saturated heterocycles. The second kappa shape index (κ2) is 11.8. The van der Waals surface area contributed by atoms with Gasteiger partial charge in [0.1, 0.15) is 11.6 Å². The van der Waals surface area contributed by atoms with Crippen LogP contribution in [-0.4, -0.2) is 40.8 Å². The fourth-order valence-corrected chi connectivity index (χ4v) is 4.08. The van der Waals surface area contributed by atoms with Crippen molar-refractivity contribution in [2.75, 3.05) is 20.3 Å². The molecule has 0 bridgehead atoms. The SMILES string of the molecule is CCc1nn(-c2ccccc2)c(Oc2cccc(F)c2)c1CN(CCOC)C(=O)c1ccccc1Cl. The molecule has 0 aliphatic heterocycles. The van der Waals surface area contributed by atoms with Crippen molar-refractivity contribution in [3.63, 3.8) is 0 Å². The number of carbonyl (C=O) groups is 1. The van der Waals surface area contributed by atoms with Gasteiger partial charge in [-0.2, -0.15) is 5.10 Å². The Kier molecular flexibility index (Phi) is 8.36. The molecular formula is C28H27ClFN3O3. The van der Waals surface area contributed by atoms with E-state index in [0.717, 1.165) is 16.9 Å². The molecule has 4 aromatic rings. The lowest BCUT2D eigenvalue weighted by Crippen LogP contribution is -2.34. The molecule has 186 valence electrons. The van der Waals surface area contributed by atoms with Gasteiger partial charge in [-0.1, -0.05) is 54.9 Å². The van der Waals surface area contributed by atoms with Crippen molar-refractivity contribution in [3.05, 3.63) is 107 Å². The predicted molar refractivity (Wildman–Crippen MR) is 137 cm³/mol. The zero-order chi connectivity index (χ0) is 25.5. The van der Waals surface area contributed by atoms with Crippen LogP contribution in [0, 0.1) is 5.82 Å². The highest BCUT2D eigenvalue weighted by Crippen LogP contribution is 2.33. The zero-order valence-electron chi connectivity index (χ0n) is 20.2. The quantitative estimate of drug-likeness (QED) is 0.252. The van der Waals surface area contributed by atoms with Gasteiger partial charge in [0, 0.05) is 19.7 Å². The van der Waals surface area contributed by atoms with Gasteiger partial charge in [0.05, 0.1) is 40.7 Å². The number of methoxy groups -OCH3 is 1. The van der Waals surface area contributed by atoms with Gasteiger partial charge in [-0.05, 0) is 42.8 Å². The normalized spacial score (nSPS) is 10.9. The van der Waals surface area contributed by atoms with Gasteiger partial charge in [0.15, 0.2) is 0 Å². The van der Waals surface area contributed by atoms with Crippen molar-refractivity contribution in [2.24, 2.45) is 0 Å². The molecule has 8 heteroatoms. The molecule has 4 rings (SSSR count). The number of benzene rings is 3. The zero-order valence-corrected chi connectivity index (χ0v) is 20.9. The van der Waals surface area contributed by atoms with Crippen LogP contribution in [0.15, 0.2) is 78.9 Å². The summed E-state index contributed by atoms with van der Waals surface area (Å²) >= 11 is 6.34. The molecule has 0 N–H and O–H groups in total. The molecule has 1 amide bonds. The van der Waals surface area contributed by atoms with Crippen molar-refractivity contribution < 1.29 is 18.7 Å². The molecule has 0 unspecified atom stereocenters. The van der Waals surface area contributed by atoms with Crippen LogP contribution in [0.3, 0.4) is 0 Å². The van der Waals surface area contributed by atoms with Crippen molar-refractivity contribution >= 4 is 17.5 Å². The summed E-state index contributed by atoms with van der Waals surface area (Å²) in [5.74, 6) is 0.102. The highest BCUT2D eigenvalue weighted by molar-refractivity contribution is 6.33. The molecule has 3 aromatic carbocycles. The Labute approximate surface area is 214 Å². The first kappa shape index (κ1) is 25.4. The Bertz CT molecular complexity index is 1330. The minimum atomic E-state index is -0.411. The standard InChI is InChI=1S/C28H27ClFN3O3/c1-3-26-24(19-32(16-17-35-2)27(34)23-14-7-8-15-25(23)29)28(36-22-13-9-10-20(30)18-22)33(31-26)21-11-5-4-6-12-21/h4-15,18H,3,16-17,19H2,1-2H3.